The largest absolute Gasteiger partial charge is 0.480 e. The Hall–Kier alpha value is -1.88. The molecule has 1 unspecified atom stereocenters. The summed E-state index contributed by atoms with van der Waals surface area (Å²) in [6.07, 6.45) is 0. The number of rotatable bonds is 6. The maximum atomic E-state index is 11.1. The van der Waals surface area contributed by atoms with Crippen LogP contribution in [0.2, 0.25) is 0 Å². The summed E-state index contributed by atoms with van der Waals surface area (Å²) in [6.45, 7) is 2.24. The summed E-state index contributed by atoms with van der Waals surface area (Å²) in [7, 11) is 0. The Morgan fingerprint density at radius 2 is 1.88 bits per heavy atom. The fraction of sp³-hybridized carbons (Fsp3) is 0.333. The van der Waals surface area contributed by atoms with Crippen molar-refractivity contribution < 1.29 is 14.7 Å². The minimum absolute atomic E-state index is 0.126. The molecular formula is C12H16N2O3. The molecule has 1 aromatic rings. The van der Waals surface area contributed by atoms with E-state index in [-0.39, 0.29) is 5.91 Å². The standard InChI is InChI=1S/C12H16N2O3/c1-9(15)13-7-8-14-11(12(16)17)10-5-3-2-4-6-10/h2-6,11,14H,7-8H2,1H3,(H,13,15)(H,16,17). The van der Waals surface area contributed by atoms with E-state index in [9.17, 15) is 9.59 Å². The number of carbonyl (C=O) groups is 2. The highest BCUT2D eigenvalue weighted by Gasteiger charge is 2.17. The Morgan fingerprint density at radius 1 is 1.24 bits per heavy atom. The Balaban J connectivity index is 2.51. The normalized spacial score (nSPS) is 11.8. The maximum absolute atomic E-state index is 11.1. The van der Waals surface area contributed by atoms with Crippen molar-refractivity contribution in [2.45, 2.75) is 13.0 Å². The molecule has 0 aliphatic rings. The van der Waals surface area contributed by atoms with Gasteiger partial charge in [0.25, 0.3) is 0 Å². The smallest absolute Gasteiger partial charge is 0.325 e. The van der Waals surface area contributed by atoms with Crippen molar-refractivity contribution in [3.63, 3.8) is 0 Å². The Bertz CT molecular complexity index is 379. The topological polar surface area (TPSA) is 78.4 Å². The number of carbonyl (C=O) groups excluding carboxylic acids is 1. The zero-order chi connectivity index (χ0) is 12.7. The zero-order valence-electron chi connectivity index (χ0n) is 9.64. The number of aliphatic carboxylic acids is 1. The second-order valence-corrected chi connectivity index (χ2v) is 3.62. The van der Waals surface area contributed by atoms with Crippen LogP contribution in [0, 0.1) is 0 Å². The molecule has 1 rings (SSSR count). The van der Waals surface area contributed by atoms with Crippen LogP contribution in [0.1, 0.15) is 18.5 Å². The van der Waals surface area contributed by atoms with Crippen LogP contribution in [-0.4, -0.2) is 30.1 Å². The van der Waals surface area contributed by atoms with Crippen LogP contribution < -0.4 is 10.6 Å². The summed E-state index contributed by atoms with van der Waals surface area (Å²) in [6, 6.07) is 8.18. The van der Waals surface area contributed by atoms with Crippen LogP contribution in [0.5, 0.6) is 0 Å². The summed E-state index contributed by atoms with van der Waals surface area (Å²) >= 11 is 0. The summed E-state index contributed by atoms with van der Waals surface area (Å²) in [5.41, 5.74) is 0.697. The highest BCUT2D eigenvalue weighted by Crippen LogP contribution is 2.11. The van der Waals surface area contributed by atoms with Gasteiger partial charge in [0.15, 0.2) is 0 Å². The molecule has 1 atom stereocenters. The van der Waals surface area contributed by atoms with Gasteiger partial charge in [0, 0.05) is 20.0 Å². The molecule has 5 heteroatoms. The van der Waals surface area contributed by atoms with Gasteiger partial charge in [0.2, 0.25) is 5.91 Å². The third-order valence-electron chi connectivity index (χ3n) is 2.23. The number of amides is 1. The van der Waals surface area contributed by atoms with E-state index in [0.29, 0.717) is 18.7 Å². The lowest BCUT2D eigenvalue weighted by molar-refractivity contribution is -0.139. The molecule has 1 aromatic carbocycles. The van der Waals surface area contributed by atoms with Crippen LogP contribution in [0.25, 0.3) is 0 Å². The van der Waals surface area contributed by atoms with Gasteiger partial charge >= 0.3 is 5.97 Å². The quantitative estimate of drug-likeness (QED) is 0.630. The van der Waals surface area contributed by atoms with Gasteiger partial charge in [-0.2, -0.15) is 0 Å². The van der Waals surface area contributed by atoms with Crippen molar-refractivity contribution in [3.05, 3.63) is 35.9 Å². The van der Waals surface area contributed by atoms with Gasteiger partial charge in [-0.05, 0) is 5.56 Å². The van der Waals surface area contributed by atoms with Crippen LogP contribution >= 0.6 is 0 Å². The van der Waals surface area contributed by atoms with Crippen molar-refractivity contribution in [1.82, 2.24) is 10.6 Å². The summed E-state index contributed by atoms with van der Waals surface area (Å²) < 4.78 is 0. The molecule has 0 bridgehead atoms. The summed E-state index contributed by atoms with van der Waals surface area (Å²) in [5, 5.41) is 14.6. The molecule has 92 valence electrons. The molecule has 0 heterocycles. The molecule has 0 saturated heterocycles. The second kappa shape index (κ2) is 6.65. The highest BCUT2D eigenvalue weighted by atomic mass is 16.4. The van der Waals surface area contributed by atoms with E-state index in [1.54, 1.807) is 24.3 Å². The zero-order valence-corrected chi connectivity index (χ0v) is 9.64. The number of carboxylic acid groups (broad SMARTS) is 1. The molecule has 0 spiro atoms. The van der Waals surface area contributed by atoms with Crippen molar-refractivity contribution in [1.29, 1.82) is 0 Å². The van der Waals surface area contributed by atoms with Crippen molar-refractivity contribution in [3.8, 4) is 0 Å². The molecule has 0 aliphatic heterocycles. The van der Waals surface area contributed by atoms with Gasteiger partial charge in [-0.15, -0.1) is 0 Å². The first-order valence-electron chi connectivity index (χ1n) is 5.37. The monoisotopic (exact) mass is 236 g/mol. The first-order valence-corrected chi connectivity index (χ1v) is 5.37. The van der Waals surface area contributed by atoms with Gasteiger partial charge in [0.05, 0.1) is 0 Å². The molecule has 5 nitrogen and oxygen atoms in total. The number of nitrogens with one attached hydrogen (secondary N) is 2. The maximum Gasteiger partial charge on any atom is 0.325 e. The molecule has 3 N–H and O–H groups in total. The van der Waals surface area contributed by atoms with E-state index in [4.69, 9.17) is 5.11 Å². The number of hydrogen-bond donors (Lipinski definition) is 3. The van der Waals surface area contributed by atoms with Crippen LogP contribution in [0.4, 0.5) is 0 Å². The first kappa shape index (κ1) is 13.2. The molecule has 0 saturated carbocycles. The second-order valence-electron chi connectivity index (χ2n) is 3.62. The highest BCUT2D eigenvalue weighted by molar-refractivity contribution is 5.75. The van der Waals surface area contributed by atoms with E-state index in [1.807, 2.05) is 6.07 Å². The summed E-state index contributed by atoms with van der Waals surface area (Å²) in [5.74, 6) is -1.06. The van der Waals surface area contributed by atoms with Gasteiger partial charge < -0.3 is 10.4 Å². The third kappa shape index (κ3) is 4.65. The van der Waals surface area contributed by atoms with Crippen molar-refractivity contribution >= 4 is 11.9 Å². The lowest BCUT2D eigenvalue weighted by Gasteiger charge is -2.14. The van der Waals surface area contributed by atoms with Crippen molar-refractivity contribution in [2.75, 3.05) is 13.1 Å². The first-order chi connectivity index (χ1) is 8.11. The molecule has 1 amide bonds. The van der Waals surface area contributed by atoms with E-state index in [1.165, 1.54) is 6.92 Å². The van der Waals surface area contributed by atoms with Gasteiger partial charge in [-0.1, -0.05) is 30.3 Å². The Morgan fingerprint density at radius 3 is 2.41 bits per heavy atom. The van der Waals surface area contributed by atoms with Crippen LogP contribution in [0.3, 0.4) is 0 Å². The molecule has 17 heavy (non-hydrogen) atoms. The fourth-order valence-corrected chi connectivity index (χ4v) is 1.45. The van der Waals surface area contributed by atoms with Crippen LogP contribution in [-0.2, 0) is 9.59 Å². The third-order valence-corrected chi connectivity index (χ3v) is 2.23. The fourth-order valence-electron chi connectivity index (χ4n) is 1.45. The van der Waals surface area contributed by atoms with Gasteiger partial charge in [-0.25, -0.2) is 0 Å². The average Bonchev–Trinajstić information content (AvgIpc) is 2.29. The number of benzene rings is 1. The van der Waals surface area contributed by atoms with Gasteiger partial charge in [0.1, 0.15) is 6.04 Å². The number of carboxylic acids is 1. The lowest BCUT2D eigenvalue weighted by Crippen LogP contribution is -2.35. The van der Waals surface area contributed by atoms with Crippen LogP contribution in [0.15, 0.2) is 30.3 Å². The molecule has 0 aromatic heterocycles. The Kier molecular flexibility index (Phi) is 5.16. The predicted octanol–water partition coefficient (Wildman–Crippen LogP) is 0.538. The minimum Gasteiger partial charge on any atom is -0.480 e. The molecule has 0 aliphatic carbocycles. The molecule has 0 fully saturated rings. The molecular weight excluding hydrogens is 220 g/mol. The van der Waals surface area contributed by atoms with E-state index >= 15 is 0 Å². The average molecular weight is 236 g/mol. The van der Waals surface area contributed by atoms with E-state index in [0.717, 1.165) is 0 Å². The van der Waals surface area contributed by atoms with E-state index < -0.39 is 12.0 Å². The SMILES string of the molecule is CC(=O)NCCNC(C(=O)O)c1ccccc1. The predicted molar refractivity (Wildman–Crippen MR) is 63.5 cm³/mol. The Labute approximate surface area is 99.8 Å². The summed E-state index contributed by atoms with van der Waals surface area (Å²) in [4.78, 5) is 21.7. The minimum atomic E-state index is -0.931. The van der Waals surface area contributed by atoms with Gasteiger partial charge in [-0.3, -0.25) is 14.9 Å². The molecule has 0 radical (unpaired) electrons. The number of hydrogen-bond acceptors (Lipinski definition) is 3. The lowest BCUT2D eigenvalue weighted by atomic mass is 10.1. The van der Waals surface area contributed by atoms with E-state index in [2.05, 4.69) is 10.6 Å². The van der Waals surface area contributed by atoms with Crippen molar-refractivity contribution in [2.24, 2.45) is 0 Å².